The van der Waals surface area contributed by atoms with Crippen molar-refractivity contribution in [2.45, 2.75) is 65.0 Å². The van der Waals surface area contributed by atoms with Crippen LogP contribution < -0.4 is 0 Å². The predicted molar refractivity (Wildman–Crippen MR) is 103 cm³/mol. The number of carbonyl (C=O) groups is 4. The molecule has 0 saturated carbocycles. The van der Waals surface area contributed by atoms with Crippen LogP contribution in [0.4, 0.5) is 0 Å². The van der Waals surface area contributed by atoms with E-state index < -0.39 is 54.6 Å². The minimum atomic E-state index is -1.25. The highest BCUT2D eigenvalue weighted by Gasteiger charge is 2.52. The summed E-state index contributed by atoms with van der Waals surface area (Å²) >= 11 is 0. The standard InChI is InChI=1S/C21H26O10/c1-12(22)26-11-17-18(28-13(2)23)19(29-14(3)24)20(30-15(4)25)21(31-17)27-10-16-8-6-5-7-9-16/h5-9,17-21H,10-11H2,1-4H3/t17-,18+,19-,20+,21-/m0/s1. The lowest BCUT2D eigenvalue weighted by atomic mass is 9.98. The number of carbonyl (C=O) groups excluding carboxylic acids is 4. The lowest BCUT2D eigenvalue weighted by molar-refractivity contribution is -0.310. The molecule has 0 bridgehead atoms. The molecule has 2 rings (SSSR count). The van der Waals surface area contributed by atoms with Gasteiger partial charge in [-0.2, -0.15) is 0 Å². The van der Waals surface area contributed by atoms with E-state index in [-0.39, 0.29) is 13.2 Å². The van der Waals surface area contributed by atoms with E-state index in [1.807, 2.05) is 30.3 Å². The number of ether oxygens (including phenoxy) is 6. The maximum atomic E-state index is 11.8. The molecule has 1 aliphatic heterocycles. The van der Waals surface area contributed by atoms with E-state index in [1.165, 1.54) is 13.8 Å². The predicted octanol–water partition coefficient (Wildman–Crippen LogP) is 1.29. The first-order chi connectivity index (χ1) is 14.7. The second kappa shape index (κ2) is 11.4. The van der Waals surface area contributed by atoms with E-state index in [9.17, 15) is 19.2 Å². The summed E-state index contributed by atoms with van der Waals surface area (Å²) in [7, 11) is 0. The molecule has 0 radical (unpaired) electrons. The second-order valence-electron chi connectivity index (χ2n) is 6.86. The van der Waals surface area contributed by atoms with Gasteiger partial charge >= 0.3 is 23.9 Å². The van der Waals surface area contributed by atoms with E-state index in [2.05, 4.69) is 0 Å². The summed E-state index contributed by atoms with van der Waals surface area (Å²) in [4.78, 5) is 46.5. The number of esters is 4. The van der Waals surface area contributed by atoms with Gasteiger partial charge in [-0.3, -0.25) is 19.2 Å². The largest absolute Gasteiger partial charge is 0.463 e. The summed E-state index contributed by atoms with van der Waals surface area (Å²) in [5, 5.41) is 0. The van der Waals surface area contributed by atoms with Crippen LogP contribution in [-0.2, 0) is 54.2 Å². The molecule has 1 aromatic rings. The summed E-state index contributed by atoms with van der Waals surface area (Å²) in [6, 6.07) is 9.14. The van der Waals surface area contributed by atoms with Crippen molar-refractivity contribution in [2.75, 3.05) is 6.61 Å². The van der Waals surface area contributed by atoms with E-state index in [1.54, 1.807) is 0 Å². The number of hydrogen-bond acceptors (Lipinski definition) is 10. The Labute approximate surface area is 179 Å². The van der Waals surface area contributed by atoms with Gasteiger partial charge in [0.2, 0.25) is 0 Å². The van der Waals surface area contributed by atoms with E-state index in [0.29, 0.717) is 0 Å². The lowest BCUT2D eigenvalue weighted by Gasteiger charge is -2.44. The van der Waals surface area contributed by atoms with Crippen molar-refractivity contribution in [3.8, 4) is 0 Å². The van der Waals surface area contributed by atoms with Crippen LogP contribution in [0.2, 0.25) is 0 Å². The SMILES string of the molecule is CC(=O)OC[C@@H]1O[C@H](OCc2ccccc2)[C@H](OC(C)=O)[C@@H](OC(C)=O)[C@@H]1OC(C)=O. The Morgan fingerprint density at radius 3 is 1.87 bits per heavy atom. The molecule has 10 nitrogen and oxygen atoms in total. The Morgan fingerprint density at radius 1 is 0.774 bits per heavy atom. The Balaban J connectivity index is 2.35. The van der Waals surface area contributed by atoms with Crippen molar-refractivity contribution in [3.63, 3.8) is 0 Å². The fourth-order valence-electron chi connectivity index (χ4n) is 3.08. The van der Waals surface area contributed by atoms with Crippen LogP contribution in [0.15, 0.2) is 30.3 Å². The average Bonchev–Trinajstić information content (AvgIpc) is 2.68. The van der Waals surface area contributed by atoms with Gasteiger partial charge in [-0.25, -0.2) is 0 Å². The Morgan fingerprint density at radius 2 is 1.32 bits per heavy atom. The van der Waals surface area contributed by atoms with Gasteiger partial charge in [0.15, 0.2) is 24.6 Å². The molecule has 10 heteroatoms. The lowest BCUT2D eigenvalue weighted by Crippen LogP contribution is -2.62. The normalized spacial score (nSPS) is 25.2. The van der Waals surface area contributed by atoms with Crippen LogP contribution in [0.1, 0.15) is 33.3 Å². The van der Waals surface area contributed by atoms with E-state index in [0.717, 1.165) is 19.4 Å². The third kappa shape index (κ3) is 7.65. The third-order valence-corrected chi connectivity index (χ3v) is 4.21. The Kier molecular flexibility index (Phi) is 8.95. The molecular formula is C21H26O10. The van der Waals surface area contributed by atoms with Gasteiger partial charge < -0.3 is 28.4 Å². The van der Waals surface area contributed by atoms with Gasteiger partial charge in [0.25, 0.3) is 0 Å². The van der Waals surface area contributed by atoms with Gasteiger partial charge in [0, 0.05) is 27.7 Å². The number of benzene rings is 1. The van der Waals surface area contributed by atoms with Crippen molar-refractivity contribution < 1.29 is 47.6 Å². The van der Waals surface area contributed by atoms with Crippen molar-refractivity contribution >= 4 is 23.9 Å². The Hall–Kier alpha value is -2.98. The molecule has 0 unspecified atom stereocenters. The molecule has 1 aromatic carbocycles. The Bertz CT molecular complexity index is 778. The highest BCUT2D eigenvalue weighted by Crippen LogP contribution is 2.30. The monoisotopic (exact) mass is 438 g/mol. The summed E-state index contributed by atoms with van der Waals surface area (Å²) in [5.41, 5.74) is 0.815. The van der Waals surface area contributed by atoms with E-state index >= 15 is 0 Å². The zero-order chi connectivity index (χ0) is 23.0. The fraction of sp³-hybridized carbons (Fsp3) is 0.524. The highest BCUT2D eigenvalue weighted by molar-refractivity contribution is 5.68. The molecule has 0 N–H and O–H groups in total. The molecule has 0 amide bonds. The molecule has 1 aliphatic rings. The van der Waals surface area contributed by atoms with Gasteiger partial charge in [-0.15, -0.1) is 0 Å². The van der Waals surface area contributed by atoms with Crippen molar-refractivity contribution in [1.29, 1.82) is 0 Å². The number of rotatable bonds is 8. The van der Waals surface area contributed by atoms with Crippen molar-refractivity contribution in [2.24, 2.45) is 0 Å². The van der Waals surface area contributed by atoms with Gasteiger partial charge in [0.1, 0.15) is 12.7 Å². The summed E-state index contributed by atoms with van der Waals surface area (Å²) in [5.74, 6) is -2.66. The summed E-state index contributed by atoms with van der Waals surface area (Å²) < 4.78 is 32.6. The van der Waals surface area contributed by atoms with Crippen LogP contribution in [0.25, 0.3) is 0 Å². The molecule has 31 heavy (non-hydrogen) atoms. The molecule has 170 valence electrons. The highest BCUT2D eigenvalue weighted by atomic mass is 16.7. The molecule has 0 spiro atoms. The van der Waals surface area contributed by atoms with Crippen LogP contribution in [0, 0.1) is 0 Å². The zero-order valence-electron chi connectivity index (χ0n) is 17.8. The molecule has 1 saturated heterocycles. The summed E-state index contributed by atoms with van der Waals surface area (Å²) in [6.07, 6.45) is -5.92. The topological polar surface area (TPSA) is 124 Å². The number of hydrogen-bond donors (Lipinski definition) is 0. The minimum absolute atomic E-state index is 0.0918. The van der Waals surface area contributed by atoms with Crippen molar-refractivity contribution in [3.05, 3.63) is 35.9 Å². The zero-order valence-corrected chi connectivity index (χ0v) is 17.8. The first-order valence-corrected chi connectivity index (χ1v) is 9.63. The maximum absolute atomic E-state index is 11.8. The van der Waals surface area contributed by atoms with Crippen molar-refractivity contribution in [1.82, 2.24) is 0 Å². The summed E-state index contributed by atoms with van der Waals surface area (Å²) in [6.45, 7) is 4.49. The van der Waals surface area contributed by atoms with Crippen LogP contribution in [0.5, 0.6) is 0 Å². The van der Waals surface area contributed by atoms with E-state index in [4.69, 9.17) is 28.4 Å². The second-order valence-corrected chi connectivity index (χ2v) is 6.86. The quantitative estimate of drug-likeness (QED) is 0.433. The van der Waals surface area contributed by atoms with Gasteiger partial charge in [0.05, 0.1) is 6.61 Å². The maximum Gasteiger partial charge on any atom is 0.303 e. The molecule has 0 aromatic heterocycles. The minimum Gasteiger partial charge on any atom is -0.463 e. The molecule has 1 heterocycles. The van der Waals surface area contributed by atoms with Crippen LogP contribution >= 0.6 is 0 Å². The molecular weight excluding hydrogens is 412 g/mol. The average molecular weight is 438 g/mol. The fourth-order valence-corrected chi connectivity index (χ4v) is 3.08. The smallest absolute Gasteiger partial charge is 0.303 e. The van der Waals surface area contributed by atoms with Gasteiger partial charge in [-0.05, 0) is 5.56 Å². The molecule has 5 atom stereocenters. The molecule has 1 fully saturated rings. The first kappa shape index (κ1) is 24.3. The van der Waals surface area contributed by atoms with Crippen LogP contribution in [0.3, 0.4) is 0 Å². The van der Waals surface area contributed by atoms with Crippen LogP contribution in [-0.4, -0.2) is 61.2 Å². The third-order valence-electron chi connectivity index (χ3n) is 4.21. The first-order valence-electron chi connectivity index (χ1n) is 9.63. The molecule has 0 aliphatic carbocycles. The van der Waals surface area contributed by atoms with Gasteiger partial charge in [-0.1, -0.05) is 30.3 Å².